The first-order valence-corrected chi connectivity index (χ1v) is 5.48. The van der Waals surface area contributed by atoms with Crippen LogP contribution >= 0.6 is 0 Å². The minimum absolute atomic E-state index is 0.166. The molecule has 0 heterocycles. The normalized spacial score (nSPS) is 14.2. The first kappa shape index (κ1) is 11.6. The minimum atomic E-state index is -0.652. The highest BCUT2D eigenvalue weighted by Crippen LogP contribution is 2.18. The molecule has 5 heteroatoms. The van der Waals surface area contributed by atoms with Crippen molar-refractivity contribution in [2.24, 2.45) is 0 Å². The van der Waals surface area contributed by atoms with Gasteiger partial charge in [-0.25, -0.2) is 4.39 Å². The molecule has 2 N–H and O–H groups in total. The third-order valence-corrected chi connectivity index (χ3v) is 2.49. The lowest BCUT2D eigenvalue weighted by molar-refractivity contribution is -0.139. The van der Waals surface area contributed by atoms with Crippen LogP contribution in [0.3, 0.4) is 0 Å². The first-order valence-electron chi connectivity index (χ1n) is 5.48. The fraction of sp³-hybridized carbons (Fsp3) is 0.333. The number of carbonyl (C=O) groups excluding carboxylic acids is 2. The Morgan fingerprint density at radius 3 is 2.41 bits per heavy atom. The van der Waals surface area contributed by atoms with Gasteiger partial charge in [0.25, 0.3) is 0 Å². The fourth-order valence-corrected chi connectivity index (χ4v) is 1.34. The van der Waals surface area contributed by atoms with E-state index in [-0.39, 0.29) is 18.4 Å². The number of hydrogen-bond acceptors (Lipinski definition) is 2. The van der Waals surface area contributed by atoms with Crippen LogP contribution in [0.2, 0.25) is 0 Å². The molecule has 0 aliphatic heterocycles. The Labute approximate surface area is 98.2 Å². The molecular formula is C12H13FN2O2. The second-order valence-electron chi connectivity index (χ2n) is 4.06. The third kappa shape index (κ3) is 3.55. The van der Waals surface area contributed by atoms with E-state index in [1.54, 1.807) is 12.1 Å². The van der Waals surface area contributed by atoms with Crippen molar-refractivity contribution < 1.29 is 14.0 Å². The van der Waals surface area contributed by atoms with Crippen molar-refractivity contribution in [2.45, 2.75) is 25.4 Å². The molecule has 1 aliphatic carbocycles. The number of halogens is 1. The Morgan fingerprint density at radius 1 is 1.18 bits per heavy atom. The lowest BCUT2D eigenvalue weighted by Crippen LogP contribution is -2.40. The molecule has 1 aromatic rings. The molecule has 17 heavy (non-hydrogen) atoms. The maximum absolute atomic E-state index is 12.6. The molecule has 0 aromatic heterocycles. The second kappa shape index (κ2) is 4.95. The van der Waals surface area contributed by atoms with Gasteiger partial charge in [0.05, 0.1) is 0 Å². The summed E-state index contributed by atoms with van der Waals surface area (Å²) in [5, 5.41) is 5.07. The van der Waals surface area contributed by atoms with Gasteiger partial charge in [0.15, 0.2) is 0 Å². The number of benzene rings is 1. The fourth-order valence-electron chi connectivity index (χ4n) is 1.34. The maximum Gasteiger partial charge on any atom is 0.309 e. The summed E-state index contributed by atoms with van der Waals surface area (Å²) in [5.74, 6) is -1.58. The number of amides is 2. The zero-order valence-corrected chi connectivity index (χ0v) is 9.20. The quantitative estimate of drug-likeness (QED) is 0.760. The van der Waals surface area contributed by atoms with Gasteiger partial charge in [-0.3, -0.25) is 9.59 Å². The third-order valence-electron chi connectivity index (χ3n) is 2.49. The van der Waals surface area contributed by atoms with E-state index in [2.05, 4.69) is 10.6 Å². The number of rotatable bonds is 3. The van der Waals surface area contributed by atoms with Gasteiger partial charge in [0.1, 0.15) is 5.82 Å². The summed E-state index contributed by atoms with van der Waals surface area (Å²) >= 11 is 0. The van der Waals surface area contributed by atoms with Crippen LogP contribution in [-0.2, 0) is 16.1 Å². The van der Waals surface area contributed by atoms with Crippen LogP contribution in [0, 0.1) is 5.82 Å². The van der Waals surface area contributed by atoms with E-state index in [0.717, 1.165) is 18.4 Å². The van der Waals surface area contributed by atoms with Crippen LogP contribution < -0.4 is 10.6 Å². The van der Waals surface area contributed by atoms with Crippen molar-refractivity contribution in [3.8, 4) is 0 Å². The van der Waals surface area contributed by atoms with E-state index >= 15 is 0 Å². The van der Waals surface area contributed by atoms with Crippen LogP contribution in [0.1, 0.15) is 18.4 Å². The smallest absolute Gasteiger partial charge is 0.309 e. The Bertz CT molecular complexity index is 427. The van der Waals surface area contributed by atoms with Crippen molar-refractivity contribution in [3.63, 3.8) is 0 Å². The van der Waals surface area contributed by atoms with Crippen molar-refractivity contribution >= 4 is 11.8 Å². The van der Waals surface area contributed by atoms with Crippen LogP contribution in [0.15, 0.2) is 24.3 Å². The summed E-state index contributed by atoms with van der Waals surface area (Å²) in [5.41, 5.74) is 0.749. The molecule has 4 nitrogen and oxygen atoms in total. The Hall–Kier alpha value is -1.91. The lowest BCUT2D eigenvalue weighted by Gasteiger charge is -2.05. The molecular weight excluding hydrogens is 223 g/mol. The zero-order valence-electron chi connectivity index (χ0n) is 9.20. The molecule has 2 rings (SSSR count). The topological polar surface area (TPSA) is 58.2 Å². The van der Waals surface area contributed by atoms with Gasteiger partial charge in [-0.15, -0.1) is 0 Å². The van der Waals surface area contributed by atoms with E-state index in [9.17, 15) is 14.0 Å². The molecule has 0 saturated heterocycles. The number of carbonyl (C=O) groups is 2. The average molecular weight is 236 g/mol. The van der Waals surface area contributed by atoms with Crippen LogP contribution in [0.25, 0.3) is 0 Å². The summed E-state index contributed by atoms with van der Waals surface area (Å²) < 4.78 is 12.6. The molecule has 1 aromatic carbocycles. The summed E-state index contributed by atoms with van der Waals surface area (Å²) in [6.07, 6.45) is 1.88. The Kier molecular flexibility index (Phi) is 3.37. The highest BCUT2D eigenvalue weighted by atomic mass is 19.1. The first-order chi connectivity index (χ1) is 8.15. The number of hydrogen-bond donors (Lipinski definition) is 2. The van der Waals surface area contributed by atoms with Crippen molar-refractivity contribution in [2.75, 3.05) is 0 Å². The summed E-state index contributed by atoms with van der Waals surface area (Å²) in [6, 6.07) is 5.92. The molecule has 0 radical (unpaired) electrons. The van der Waals surface area contributed by atoms with Crippen LogP contribution in [0.4, 0.5) is 4.39 Å². The molecule has 0 unspecified atom stereocenters. The molecule has 1 fully saturated rings. The largest absolute Gasteiger partial charge is 0.345 e. The zero-order chi connectivity index (χ0) is 12.3. The van der Waals surface area contributed by atoms with Crippen molar-refractivity contribution in [3.05, 3.63) is 35.6 Å². The lowest BCUT2D eigenvalue weighted by atomic mass is 10.2. The molecule has 90 valence electrons. The summed E-state index contributed by atoms with van der Waals surface area (Å²) in [7, 11) is 0. The standard InChI is InChI=1S/C12H13FN2O2/c13-9-3-1-8(2-4-9)7-14-11(16)12(17)15-10-5-6-10/h1-4,10H,5-7H2,(H,14,16)(H,15,17). The Morgan fingerprint density at radius 2 is 1.82 bits per heavy atom. The highest BCUT2D eigenvalue weighted by molar-refractivity contribution is 6.35. The average Bonchev–Trinajstić information content (AvgIpc) is 3.11. The molecule has 1 saturated carbocycles. The minimum Gasteiger partial charge on any atom is -0.345 e. The highest BCUT2D eigenvalue weighted by Gasteiger charge is 2.26. The van der Waals surface area contributed by atoms with Gasteiger partial charge < -0.3 is 10.6 Å². The van der Waals surface area contributed by atoms with Gasteiger partial charge >= 0.3 is 11.8 Å². The molecule has 0 bridgehead atoms. The predicted molar refractivity (Wildman–Crippen MR) is 59.4 cm³/mol. The van der Waals surface area contributed by atoms with Gasteiger partial charge in [0.2, 0.25) is 0 Å². The Balaban J connectivity index is 1.78. The van der Waals surface area contributed by atoms with Crippen molar-refractivity contribution in [1.29, 1.82) is 0 Å². The van der Waals surface area contributed by atoms with E-state index in [1.165, 1.54) is 12.1 Å². The summed E-state index contributed by atoms with van der Waals surface area (Å²) in [6.45, 7) is 0.219. The predicted octanol–water partition coefficient (Wildman–Crippen LogP) is 0.720. The van der Waals surface area contributed by atoms with E-state index in [4.69, 9.17) is 0 Å². The summed E-state index contributed by atoms with van der Waals surface area (Å²) in [4.78, 5) is 22.6. The molecule has 1 aliphatic rings. The molecule has 0 atom stereocenters. The van der Waals surface area contributed by atoms with E-state index in [1.807, 2.05) is 0 Å². The van der Waals surface area contributed by atoms with E-state index < -0.39 is 11.8 Å². The molecule has 0 spiro atoms. The van der Waals surface area contributed by atoms with Gasteiger partial charge in [-0.05, 0) is 30.5 Å². The van der Waals surface area contributed by atoms with Crippen LogP contribution in [-0.4, -0.2) is 17.9 Å². The van der Waals surface area contributed by atoms with Gasteiger partial charge in [-0.2, -0.15) is 0 Å². The SMILES string of the molecule is O=C(NCc1ccc(F)cc1)C(=O)NC1CC1. The monoisotopic (exact) mass is 236 g/mol. The molecule has 2 amide bonds. The van der Waals surface area contributed by atoms with Gasteiger partial charge in [-0.1, -0.05) is 12.1 Å². The van der Waals surface area contributed by atoms with Crippen molar-refractivity contribution in [1.82, 2.24) is 10.6 Å². The maximum atomic E-state index is 12.6. The second-order valence-corrected chi connectivity index (χ2v) is 4.06. The number of nitrogens with one attached hydrogen (secondary N) is 2. The van der Waals surface area contributed by atoms with Gasteiger partial charge in [0, 0.05) is 12.6 Å². The van der Waals surface area contributed by atoms with E-state index in [0.29, 0.717) is 0 Å². The van der Waals surface area contributed by atoms with Crippen LogP contribution in [0.5, 0.6) is 0 Å².